The average Bonchev–Trinajstić information content (AvgIpc) is 3.07. The highest BCUT2D eigenvalue weighted by Crippen LogP contribution is 2.18. The number of benzene rings is 2. The number of nitrogens with zero attached hydrogens (tertiary/aromatic N) is 1. The van der Waals surface area contributed by atoms with E-state index in [0.29, 0.717) is 19.5 Å². The molecule has 5 heteroatoms. The first-order chi connectivity index (χ1) is 13.0. The van der Waals surface area contributed by atoms with Crippen LogP contribution in [0.15, 0.2) is 54.7 Å². The van der Waals surface area contributed by atoms with Gasteiger partial charge in [-0.3, -0.25) is 9.59 Å². The lowest BCUT2D eigenvalue weighted by atomic mass is 10.1. The van der Waals surface area contributed by atoms with Crippen LogP contribution in [0.1, 0.15) is 23.6 Å². The van der Waals surface area contributed by atoms with Crippen molar-refractivity contribution in [3.8, 4) is 0 Å². The Kier molecular flexibility index (Phi) is 5.91. The van der Waals surface area contributed by atoms with Gasteiger partial charge in [-0.15, -0.1) is 0 Å². The summed E-state index contributed by atoms with van der Waals surface area (Å²) in [7, 11) is 0. The molecule has 1 aromatic heterocycles. The molecule has 0 bridgehead atoms. The number of rotatable bonds is 7. The lowest BCUT2D eigenvalue weighted by molar-refractivity contribution is -0.134. The molecule has 0 fully saturated rings. The number of aryl methyl sites for hydroxylation is 1. The lowest BCUT2D eigenvalue weighted by Gasteiger charge is -2.20. The van der Waals surface area contributed by atoms with Crippen molar-refractivity contribution in [3.63, 3.8) is 0 Å². The van der Waals surface area contributed by atoms with Crippen LogP contribution < -0.4 is 5.32 Å². The summed E-state index contributed by atoms with van der Waals surface area (Å²) < 4.78 is 0. The Balaban J connectivity index is 1.56. The van der Waals surface area contributed by atoms with Crippen LogP contribution in [0, 0.1) is 6.92 Å². The van der Waals surface area contributed by atoms with E-state index >= 15 is 0 Å². The van der Waals surface area contributed by atoms with Crippen LogP contribution in [0.2, 0.25) is 0 Å². The van der Waals surface area contributed by atoms with Crippen molar-refractivity contribution in [1.29, 1.82) is 0 Å². The first kappa shape index (κ1) is 18.7. The Hall–Kier alpha value is -3.08. The Labute approximate surface area is 159 Å². The summed E-state index contributed by atoms with van der Waals surface area (Å²) in [4.78, 5) is 29.1. The van der Waals surface area contributed by atoms with Gasteiger partial charge in [-0.05, 0) is 36.1 Å². The molecular weight excluding hydrogens is 338 g/mol. The van der Waals surface area contributed by atoms with Gasteiger partial charge in [0.15, 0.2) is 0 Å². The normalized spacial score (nSPS) is 10.7. The van der Waals surface area contributed by atoms with Crippen LogP contribution in [0.4, 0.5) is 0 Å². The minimum atomic E-state index is -0.146. The fourth-order valence-electron chi connectivity index (χ4n) is 3.17. The molecule has 0 spiro atoms. The fourth-order valence-corrected chi connectivity index (χ4v) is 3.17. The molecule has 2 N–H and O–H groups in total. The van der Waals surface area contributed by atoms with Crippen LogP contribution in [0.3, 0.4) is 0 Å². The highest BCUT2D eigenvalue weighted by atomic mass is 16.2. The van der Waals surface area contributed by atoms with Crippen molar-refractivity contribution in [2.45, 2.75) is 26.8 Å². The molecule has 0 aliphatic rings. The molecule has 3 rings (SSSR count). The van der Waals surface area contributed by atoms with Gasteiger partial charge in [0.25, 0.3) is 0 Å². The summed E-state index contributed by atoms with van der Waals surface area (Å²) in [6.07, 6.45) is 2.68. The standard InChI is InChI=1S/C22H25N3O2/c1-16-7-3-4-8-18(16)13-24-22(27)15-25(17(2)26)12-11-19-14-23-21-10-6-5-9-20(19)21/h3-10,14,23H,11-13,15H2,1-2H3,(H,24,27). The van der Waals surface area contributed by atoms with Crippen molar-refractivity contribution < 1.29 is 9.59 Å². The maximum atomic E-state index is 12.3. The highest BCUT2D eigenvalue weighted by Gasteiger charge is 2.14. The summed E-state index contributed by atoms with van der Waals surface area (Å²) in [6.45, 7) is 4.58. The van der Waals surface area contributed by atoms with Gasteiger partial charge >= 0.3 is 0 Å². The van der Waals surface area contributed by atoms with E-state index < -0.39 is 0 Å². The van der Waals surface area contributed by atoms with E-state index in [2.05, 4.69) is 16.4 Å². The van der Waals surface area contributed by atoms with Crippen molar-refractivity contribution >= 4 is 22.7 Å². The molecule has 2 aromatic carbocycles. The number of fused-ring (bicyclic) bond motifs is 1. The molecule has 0 aliphatic heterocycles. The van der Waals surface area contributed by atoms with Gasteiger partial charge in [0.2, 0.25) is 11.8 Å². The van der Waals surface area contributed by atoms with Crippen LogP contribution in [0.25, 0.3) is 10.9 Å². The zero-order chi connectivity index (χ0) is 19.2. The fraction of sp³-hybridized carbons (Fsp3) is 0.273. The van der Waals surface area contributed by atoms with Gasteiger partial charge in [-0.25, -0.2) is 0 Å². The SMILES string of the molecule is CC(=O)N(CCc1c[nH]c2ccccc12)CC(=O)NCc1ccccc1C. The van der Waals surface area contributed by atoms with E-state index in [9.17, 15) is 9.59 Å². The Morgan fingerprint density at radius 1 is 1.04 bits per heavy atom. The van der Waals surface area contributed by atoms with Crippen molar-refractivity contribution in [3.05, 3.63) is 71.4 Å². The van der Waals surface area contributed by atoms with E-state index in [0.717, 1.165) is 27.6 Å². The van der Waals surface area contributed by atoms with Crippen molar-refractivity contribution in [2.75, 3.05) is 13.1 Å². The number of aromatic nitrogens is 1. The lowest BCUT2D eigenvalue weighted by Crippen LogP contribution is -2.40. The second-order valence-corrected chi connectivity index (χ2v) is 6.75. The maximum absolute atomic E-state index is 12.3. The smallest absolute Gasteiger partial charge is 0.239 e. The van der Waals surface area contributed by atoms with Crippen molar-refractivity contribution in [1.82, 2.24) is 15.2 Å². The van der Waals surface area contributed by atoms with Gasteiger partial charge < -0.3 is 15.2 Å². The van der Waals surface area contributed by atoms with Gasteiger partial charge in [0, 0.05) is 37.1 Å². The molecule has 0 radical (unpaired) electrons. The van der Waals surface area contributed by atoms with E-state index in [-0.39, 0.29) is 18.4 Å². The molecule has 140 valence electrons. The van der Waals surface area contributed by atoms with E-state index in [1.807, 2.05) is 55.6 Å². The number of carbonyl (C=O) groups is 2. The molecule has 0 aliphatic carbocycles. The van der Waals surface area contributed by atoms with Gasteiger partial charge in [-0.2, -0.15) is 0 Å². The predicted octanol–water partition coefficient (Wildman–Crippen LogP) is 3.18. The number of amides is 2. The first-order valence-corrected chi connectivity index (χ1v) is 9.16. The molecule has 0 saturated carbocycles. The third kappa shape index (κ3) is 4.76. The van der Waals surface area contributed by atoms with Crippen LogP contribution >= 0.6 is 0 Å². The number of nitrogens with one attached hydrogen (secondary N) is 2. The molecule has 2 amide bonds. The largest absolute Gasteiger partial charge is 0.361 e. The number of hydrogen-bond acceptors (Lipinski definition) is 2. The third-order valence-corrected chi connectivity index (χ3v) is 4.84. The summed E-state index contributed by atoms with van der Waals surface area (Å²) in [5.74, 6) is -0.242. The average molecular weight is 363 g/mol. The molecule has 0 saturated heterocycles. The van der Waals surface area contributed by atoms with Crippen LogP contribution in [-0.4, -0.2) is 34.8 Å². The number of carbonyl (C=O) groups excluding carboxylic acids is 2. The zero-order valence-electron chi connectivity index (χ0n) is 15.8. The molecule has 27 heavy (non-hydrogen) atoms. The van der Waals surface area contributed by atoms with Crippen molar-refractivity contribution in [2.24, 2.45) is 0 Å². The monoisotopic (exact) mass is 363 g/mol. The Morgan fingerprint density at radius 3 is 2.56 bits per heavy atom. The quantitative estimate of drug-likeness (QED) is 0.677. The summed E-state index contributed by atoms with van der Waals surface area (Å²) in [5.41, 5.74) is 4.45. The van der Waals surface area contributed by atoms with E-state index in [4.69, 9.17) is 0 Å². The topological polar surface area (TPSA) is 65.2 Å². The summed E-state index contributed by atoms with van der Waals surface area (Å²) >= 11 is 0. The first-order valence-electron chi connectivity index (χ1n) is 9.16. The number of aromatic amines is 1. The van der Waals surface area contributed by atoms with Gasteiger partial charge in [-0.1, -0.05) is 42.5 Å². The van der Waals surface area contributed by atoms with E-state index in [1.165, 1.54) is 6.92 Å². The minimum Gasteiger partial charge on any atom is -0.361 e. The molecule has 0 atom stereocenters. The van der Waals surface area contributed by atoms with Gasteiger partial charge in [0.05, 0.1) is 6.54 Å². The van der Waals surface area contributed by atoms with Crippen LogP contribution in [-0.2, 0) is 22.6 Å². The molecular formula is C22H25N3O2. The molecule has 0 unspecified atom stereocenters. The Bertz CT molecular complexity index is 945. The number of H-pyrrole nitrogens is 1. The van der Waals surface area contributed by atoms with E-state index in [1.54, 1.807) is 4.90 Å². The molecule has 5 nitrogen and oxygen atoms in total. The minimum absolute atomic E-state index is 0.0730. The van der Waals surface area contributed by atoms with Gasteiger partial charge in [0.1, 0.15) is 0 Å². The highest BCUT2D eigenvalue weighted by molar-refractivity contribution is 5.84. The van der Waals surface area contributed by atoms with Crippen LogP contribution in [0.5, 0.6) is 0 Å². The number of hydrogen-bond donors (Lipinski definition) is 2. The molecule has 3 aromatic rings. The summed E-state index contributed by atoms with van der Waals surface area (Å²) in [6, 6.07) is 16.0. The third-order valence-electron chi connectivity index (χ3n) is 4.84. The Morgan fingerprint density at radius 2 is 1.78 bits per heavy atom. The maximum Gasteiger partial charge on any atom is 0.239 e. The molecule has 1 heterocycles. The number of para-hydroxylation sites is 1. The predicted molar refractivity (Wildman–Crippen MR) is 107 cm³/mol. The second-order valence-electron chi connectivity index (χ2n) is 6.75. The zero-order valence-corrected chi connectivity index (χ0v) is 15.8. The second kappa shape index (κ2) is 8.54. The summed E-state index contributed by atoms with van der Waals surface area (Å²) in [5, 5.41) is 4.07.